The van der Waals surface area contributed by atoms with E-state index in [-0.39, 0.29) is 17.2 Å². The number of hydrogen-bond acceptors (Lipinski definition) is 5. The number of ether oxygens (including phenoxy) is 2. The van der Waals surface area contributed by atoms with Crippen molar-refractivity contribution in [3.63, 3.8) is 0 Å². The molecule has 0 aromatic heterocycles. The summed E-state index contributed by atoms with van der Waals surface area (Å²) in [5, 5.41) is 10.8. The summed E-state index contributed by atoms with van der Waals surface area (Å²) in [5.74, 6) is -1.07. The number of rotatable bonds is 5. The van der Waals surface area contributed by atoms with Gasteiger partial charge in [0.25, 0.3) is 0 Å². The number of esters is 1. The molecule has 0 heterocycles. The van der Waals surface area contributed by atoms with E-state index in [9.17, 15) is 19.3 Å². The molecule has 0 N–H and O–H groups in total. The zero-order valence-electron chi connectivity index (χ0n) is 10.7. The molecule has 2 rings (SSSR count). The predicted octanol–water partition coefficient (Wildman–Crippen LogP) is 2.72. The van der Waals surface area contributed by atoms with Crippen LogP contribution in [0.15, 0.2) is 48.5 Å². The average Bonchev–Trinajstić information content (AvgIpc) is 2.48. The zero-order chi connectivity index (χ0) is 15.2. The Bertz CT molecular complexity index is 657. The third-order valence-corrected chi connectivity index (χ3v) is 2.45. The quantitative estimate of drug-likeness (QED) is 0.366. The molecule has 0 unspecified atom stereocenters. The first kappa shape index (κ1) is 14.4. The van der Waals surface area contributed by atoms with Crippen LogP contribution in [0.3, 0.4) is 0 Å². The van der Waals surface area contributed by atoms with Gasteiger partial charge in [0, 0.05) is 6.07 Å². The Labute approximate surface area is 118 Å². The van der Waals surface area contributed by atoms with Crippen molar-refractivity contribution >= 4 is 11.7 Å². The van der Waals surface area contributed by atoms with Crippen LogP contribution in [-0.4, -0.2) is 17.5 Å². The molecule has 0 aliphatic rings. The molecule has 0 saturated carbocycles. The Balaban J connectivity index is 1.95. The number of hydrogen-bond donors (Lipinski definition) is 0. The maximum Gasteiger partial charge on any atom is 0.349 e. The number of halogens is 1. The largest absolute Gasteiger partial charge is 0.475 e. The summed E-state index contributed by atoms with van der Waals surface area (Å²) in [6, 6.07) is 10.5. The fourth-order valence-electron chi connectivity index (χ4n) is 1.53. The normalized spacial score (nSPS) is 9.95. The van der Waals surface area contributed by atoms with E-state index in [0.29, 0.717) is 0 Å². The molecule has 0 saturated heterocycles. The van der Waals surface area contributed by atoms with Crippen molar-refractivity contribution in [1.82, 2.24) is 0 Å². The van der Waals surface area contributed by atoms with Gasteiger partial charge >= 0.3 is 11.7 Å². The van der Waals surface area contributed by atoms with Crippen LogP contribution in [0.4, 0.5) is 10.1 Å². The fraction of sp³-hybridized carbons (Fsp3) is 0.0714. The molecule has 2 aromatic rings. The van der Waals surface area contributed by atoms with Crippen molar-refractivity contribution in [3.8, 4) is 11.5 Å². The number of para-hydroxylation sites is 2. The van der Waals surface area contributed by atoms with E-state index in [1.807, 2.05) is 0 Å². The maximum atomic E-state index is 12.7. The molecule has 2 aromatic carbocycles. The summed E-state index contributed by atoms with van der Waals surface area (Å²) >= 11 is 0. The van der Waals surface area contributed by atoms with E-state index in [0.717, 1.165) is 12.1 Å². The Hall–Kier alpha value is -2.96. The third kappa shape index (κ3) is 4.00. The molecule has 108 valence electrons. The number of benzene rings is 2. The van der Waals surface area contributed by atoms with Crippen molar-refractivity contribution in [3.05, 3.63) is 64.5 Å². The highest BCUT2D eigenvalue weighted by Gasteiger charge is 2.15. The Morgan fingerprint density at radius 2 is 1.81 bits per heavy atom. The topological polar surface area (TPSA) is 78.7 Å². The predicted molar refractivity (Wildman–Crippen MR) is 70.6 cm³/mol. The van der Waals surface area contributed by atoms with E-state index < -0.39 is 23.3 Å². The van der Waals surface area contributed by atoms with E-state index >= 15 is 0 Å². The van der Waals surface area contributed by atoms with Crippen LogP contribution in [0.2, 0.25) is 0 Å². The highest BCUT2D eigenvalue weighted by Crippen LogP contribution is 2.25. The monoisotopic (exact) mass is 291 g/mol. The standard InChI is InChI=1S/C14H10FNO5/c15-10-5-7-11(8-6-10)21-14(17)9-20-13-4-2-1-3-12(13)16(18)19/h1-8H,9H2. The lowest BCUT2D eigenvalue weighted by atomic mass is 10.3. The Kier molecular flexibility index (Phi) is 4.45. The number of carbonyl (C=O) groups is 1. The van der Waals surface area contributed by atoms with E-state index in [1.165, 1.54) is 30.3 Å². The minimum absolute atomic E-state index is 0.0291. The van der Waals surface area contributed by atoms with Crippen molar-refractivity contribution in [2.45, 2.75) is 0 Å². The first-order valence-electron chi connectivity index (χ1n) is 5.89. The summed E-state index contributed by atoms with van der Waals surface area (Å²) < 4.78 is 22.6. The minimum atomic E-state index is -0.750. The molecule has 0 bridgehead atoms. The molecule has 21 heavy (non-hydrogen) atoms. The second kappa shape index (κ2) is 6.47. The summed E-state index contributed by atoms with van der Waals surface area (Å²) in [4.78, 5) is 21.7. The van der Waals surface area contributed by atoms with Crippen LogP contribution >= 0.6 is 0 Å². The molecule has 0 aliphatic heterocycles. The van der Waals surface area contributed by atoms with Gasteiger partial charge in [0.2, 0.25) is 0 Å². The summed E-state index contributed by atoms with van der Waals surface area (Å²) in [7, 11) is 0. The van der Waals surface area contributed by atoms with Crippen molar-refractivity contribution < 1.29 is 23.6 Å². The van der Waals surface area contributed by atoms with Crippen molar-refractivity contribution in [2.75, 3.05) is 6.61 Å². The average molecular weight is 291 g/mol. The highest BCUT2D eigenvalue weighted by atomic mass is 19.1. The van der Waals surface area contributed by atoms with Gasteiger partial charge in [-0.15, -0.1) is 0 Å². The molecule has 7 heteroatoms. The molecule has 0 aliphatic carbocycles. The highest BCUT2D eigenvalue weighted by molar-refractivity contribution is 5.74. The van der Waals surface area contributed by atoms with Gasteiger partial charge in [0.05, 0.1) is 4.92 Å². The lowest BCUT2D eigenvalue weighted by Gasteiger charge is -2.07. The molecular formula is C14H10FNO5. The summed E-state index contributed by atoms with van der Waals surface area (Å²) in [6.07, 6.45) is 0. The number of carbonyl (C=O) groups excluding carboxylic acids is 1. The van der Waals surface area contributed by atoms with Crippen LogP contribution in [0.25, 0.3) is 0 Å². The maximum absolute atomic E-state index is 12.7. The van der Waals surface area contributed by atoms with Crippen molar-refractivity contribution in [2.24, 2.45) is 0 Å². The van der Waals surface area contributed by atoms with Gasteiger partial charge in [-0.3, -0.25) is 10.1 Å². The lowest BCUT2D eigenvalue weighted by Crippen LogP contribution is -2.18. The molecule has 0 amide bonds. The van der Waals surface area contributed by atoms with Gasteiger partial charge in [-0.05, 0) is 30.3 Å². The molecule has 0 atom stereocenters. The number of nitrogens with zero attached hydrogens (tertiary/aromatic N) is 1. The van der Waals surface area contributed by atoms with Gasteiger partial charge < -0.3 is 9.47 Å². The van der Waals surface area contributed by atoms with Crippen LogP contribution in [0, 0.1) is 15.9 Å². The van der Waals surface area contributed by atoms with Crippen LogP contribution in [0.1, 0.15) is 0 Å². The fourth-order valence-corrected chi connectivity index (χ4v) is 1.53. The van der Waals surface area contributed by atoms with Gasteiger partial charge in [0.1, 0.15) is 11.6 Å². The molecule has 0 fully saturated rings. The number of nitro benzene ring substituents is 1. The molecule has 0 radical (unpaired) electrons. The number of nitro groups is 1. The first-order chi connectivity index (χ1) is 10.1. The van der Waals surface area contributed by atoms with Crippen LogP contribution in [-0.2, 0) is 4.79 Å². The van der Waals surface area contributed by atoms with Gasteiger partial charge in [-0.25, -0.2) is 9.18 Å². The molecule has 6 nitrogen and oxygen atoms in total. The zero-order valence-corrected chi connectivity index (χ0v) is 10.7. The molecular weight excluding hydrogens is 281 g/mol. The van der Waals surface area contributed by atoms with Gasteiger partial charge in [0.15, 0.2) is 12.4 Å². The van der Waals surface area contributed by atoms with E-state index in [4.69, 9.17) is 9.47 Å². The van der Waals surface area contributed by atoms with E-state index in [1.54, 1.807) is 6.07 Å². The SMILES string of the molecule is O=C(COc1ccccc1[N+](=O)[O-])Oc1ccc(F)cc1. The Morgan fingerprint density at radius 3 is 2.48 bits per heavy atom. The van der Waals surface area contributed by atoms with Crippen LogP contribution in [0.5, 0.6) is 11.5 Å². The lowest BCUT2D eigenvalue weighted by molar-refractivity contribution is -0.385. The second-order valence-corrected chi connectivity index (χ2v) is 3.94. The first-order valence-corrected chi connectivity index (χ1v) is 5.89. The van der Waals surface area contributed by atoms with Gasteiger partial charge in [-0.2, -0.15) is 0 Å². The van der Waals surface area contributed by atoms with Crippen LogP contribution < -0.4 is 9.47 Å². The second-order valence-electron chi connectivity index (χ2n) is 3.94. The minimum Gasteiger partial charge on any atom is -0.475 e. The smallest absolute Gasteiger partial charge is 0.349 e. The summed E-state index contributed by atoms with van der Waals surface area (Å²) in [5.41, 5.74) is -0.243. The molecule has 0 spiro atoms. The van der Waals surface area contributed by atoms with Gasteiger partial charge in [-0.1, -0.05) is 12.1 Å². The van der Waals surface area contributed by atoms with E-state index in [2.05, 4.69) is 0 Å². The Morgan fingerprint density at radius 1 is 1.14 bits per heavy atom. The van der Waals surface area contributed by atoms with Crippen molar-refractivity contribution in [1.29, 1.82) is 0 Å². The third-order valence-electron chi connectivity index (χ3n) is 2.45. The summed E-state index contributed by atoms with van der Waals surface area (Å²) in [6.45, 7) is -0.498.